The SMILES string of the molecule is Cc1ccc(S(=O)(=O)N2CCC(C(=O)N[C@H]3CCSc4ccc(Cl)cc43)CC2)cc1C. The van der Waals surface area contributed by atoms with Crippen LogP contribution in [0.1, 0.15) is 42.0 Å². The van der Waals surface area contributed by atoms with Crippen LogP contribution in [0.25, 0.3) is 0 Å². The Balaban J connectivity index is 1.40. The number of carbonyl (C=O) groups excluding carboxylic acids is 1. The summed E-state index contributed by atoms with van der Waals surface area (Å²) in [5, 5.41) is 3.86. The monoisotopic (exact) mass is 478 g/mol. The molecule has 31 heavy (non-hydrogen) atoms. The molecule has 4 rings (SSSR count). The molecule has 166 valence electrons. The number of rotatable bonds is 4. The van der Waals surface area contributed by atoms with Gasteiger partial charge in [0, 0.05) is 34.7 Å². The van der Waals surface area contributed by atoms with Gasteiger partial charge in [0.1, 0.15) is 0 Å². The molecule has 1 amide bonds. The lowest BCUT2D eigenvalue weighted by Gasteiger charge is -2.32. The molecule has 1 atom stereocenters. The third-order valence-electron chi connectivity index (χ3n) is 6.27. The van der Waals surface area contributed by atoms with Crippen molar-refractivity contribution in [3.8, 4) is 0 Å². The van der Waals surface area contributed by atoms with Gasteiger partial charge >= 0.3 is 0 Å². The fraction of sp³-hybridized carbons (Fsp3) is 0.435. The second-order valence-electron chi connectivity index (χ2n) is 8.30. The first-order chi connectivity index (χ1) is 14.8. The van der Waals surface area contributed by atoms with Crippen LogP contribution in [0.2, 0.25) is 5.02 Å². The van der Waals surface area contributed by atoms with E-state index in [9.17, 15) is 13.2 Å². The fourth-order valence-corrected chi connectivity index (χ4v) is 7.03. The highest BCUT2D eigenvalue weighted by Gasteiger charge is 2.33. The van der Waals surface area contributed by atoms with Crippen molar-refractivity contribution in [1.82, 2.24) is 9.62 Å². The molecule has 1 fully saturated rings. The summed E-state index contributed by atoms with van der Waals surface area (Å²) in [4.78, 5) is 14.4. The smallest absolute Gasteiger partial charge is 0.243 e. The Morgan fingerprint density at radius 1 is 1.06 bits per heavy atom. The zero-order chi connectivity index (χ0) is 22.2. The lowest BCUT2D eigenvalue weighted by atomic mass is 9.95. The summed E-state index contributed by atoms with van der Waals surface area (Å²) < 4.78 is 27.6. The molecule has 2 aliphatic rings. The number of fused-ring (bicyclic) bond motifs is 1. The van der Waals surface area contributed by atoms with Gasteiger partial charge in [-0.25, -0.2) is 8.42 Å². The van der Waals surface area contributed by atoms with E-state index in [2.05, 4.69) is 5.32 Å². The Labute approximate surface area is 193 Å². The number of carbonyl (C=O) groups is 1. The lowest BCUT2D eigenvalue weighted by Crippen LogP contribution is -2.44. The quantitative estimate of drug-likeness (QED) is 0.691. The fourth-order valence-electron chi connectivity index (χ4n) is 4.19. The van der Waals surface area contributed by atoms with Crippen LogP contribution in [0, 0.1) is 19.8 Å². The number of benzene rings is 2. The summed E-state index contributed by atoms with van der Waals surface area (Å²) in [6.45, 7) is 4.60. The molecule has 0 saturated carbocycles. The van der Waals surface area contributed by atoms with Crippen molar-refractivity contribution < 1.29 is 13.2 Å². The predicted molar refractivity (Wildman–Crippen MR) is 125 cm³/mol. The van der Waals surface area contributed by atoms with Gasteiger partial charge in [0.15, 0.2) is 0 Å². The number of amides is 1. The lowest BCUT2D eigenvalue weighted by molar-refractivity contribution is -0.126. The van der Waals surface area contributed by atoms with Crippen LogP contribution in [0.5, 0.6) is 0 Å². The number of nitrogens with zero attached hydrogens (tertiary/aromatic N) is 1. The number of piperidine rings is 1. The van der Waals surface area contributed by atoms with E-state index in [1.165, 1.54) is 4.31 Å². The largest absolute Gasteiger partial charge is 0.349 e. The number of hydrogen-bond donors (Lipinski definition) is 1. The topological polar surface area (TPSA) is 66.5 Å². The van der Waals surface area contributed by atoms with E-state index in [1.807, 2.05) is 38.1 Å². The Bertz CT molecular complexity index is 1100. The van der Waals surface area contributed by atoms with Gasteiger partial charge in [0.05, 0.1) is 10.9 Å². The molecule has 0 aliphatic carbocycles. The first-order valence-corrected chi connectivity index (χ1v) is 13.4. The van der Waals surface area contributed by atoms with Gasteiger partial charge in [0.25, 0.3) is 0 Å². The standard InChI is InChI=1S/C23H27ClN2O3S2/c1-15-3-5-19(13-16(15)2)31(28,29)26-10-7-17(8-11-26)23(27)25-21-9-12-30-22-6-4-18(24)14-20(21)22/h3-6,13-14,17,21H,7-12H2,1-2H3,(H,25,27)/t21-/m0/s1. The van der Waals surface area contributed by atoms with Crippen molar-refractivity contribution in [1.29, 1.82) is 0 Å². The van der Waals surface area contributed by atoms with Crippen LogP contribution in [-0.2, 0) is 14.8 Å². The van der Waals surface area contributed by atoms with Crippen molar-refractivity contribution in [2.45, 2.75) is 48.9 Å². The zero-order valence-corrected chi connectivity index (χ0v) is 20.1. The average molecular weight is 479 g/mol. The minimum absolute atomic E-state index is 0.00561. The van der Waals surface area contributed by atoms with Gasteiger partial charge in [0.2, 0.25) is 15.9 Å². The molecule has 2 aliphatic heterocycles. The number of aryl methyl sites for hydroxylation is 2. The summed E-state index contributed by atoms with van der Waals surface area (Å²) in [7, 11) is -3.54. The summed E-state index contributed by atoms with van der Waals surface area (Å²) in [6.07, 6.45) is 1.92. The van der Waals surface area contributed by atoms with E-state index in [4.69, 9.17) is 11.6 Å². The normalized spacial score (nSPS) is 20.3. The van der Waals surface area contributed by atoms with E-state index >= 15 is 0 Å². The van der Waals surface area contributed by atoms with E-state index in [0.29, 0.717) is 35.8 Å². The summed E-state index contributed by atoms with van der Waals surface area (Å²) in [5.74, 6) is 0.779. The molecular weight excluding hydrogens is 452 g/mol. The van der Waals surface area contributed by atoms with Crippen molar-refractivity contribution >= 4 is 39.3 Å². The maximum atomic E-state index is 13.0. The van der Waals surface area contributed by atoms with Crippen LogP contribution in [0.15, 0.2) is 46.2 Å². The van der Waals surface area contributed by atoms with E-state index in [1.54, 1.807) is 23.9 Å². The third kappa shape index (κ3) is 4.80. The molecule has 1 N–H and O–H groups in total. The Morgan fingerprint density at radius 3 is 2.52 bits per heavy atom. The molecule has 2 aromatic rings. The highest BCUT2D eigenvalue weighted by molar-refractivity contribution is 7.99. The zero-order valence-electron chi connectivity index (χ0n) is 17.7. The van der Waals surface area contributed by atoms with Crippen LogP contribution >= 0.6 is 23.4 Å². The number of hydrogen-bond acceptors (Lipinski definition) is 4. The molecule has 0 unspecified atom stereocenters. The summed E-state index contributed by atoms with van der Waals surface area (Å²) in [6, 6.07) is 11.0. The Hall–Kier alpha value is -1.54. The van der Waals surface area contributed by atoms with E-state index < -0.39 is 10.0 Å². The van der Waals surface area contributed by atoms with E-state index in [0.717, 1.165) is 33.8 Å². The van der Waals surface area contributed by atoms with Crippen LogP contribution in [0.4, 0.5) is 0 Å². The third-order valence-corrected chi connectivity index (χ3v) is 9.52. The highest BCUT2D eigenvalue weighted by atomic mass is 35.5. The molecule has 2 aromatic carbocycles. The van der Waals surface area contributed by atoms with Crippen molar-refractivity contribution in [3.05, 3.63) is 58.1 Å². The highest BCUT2D eigenvalue weighted by Crippen LogP contribution is 2.38. The van der Waals surface area contributed by atoms with Gasteiger partial charge in [-0.1, -0.05) is 17.7 Å². The molecule has 5 nitrogen and oxygen atoms in total. The second kappa shape index (κ2) is 9.14. The van der Waals surface area contributed by atoms with Crippen molar-refractivity contribution in [2.24, 2.45) is 5.92 Å². The molecule has 0 radical (unpaired) electrons. The van der Waals surface area contributed by atoms with Crippen LogP contribution in [-0.4, -0.2) is 37.5 Å². The molecule has 8 heteroatoms. The number of nitrogens with one attached hydrogen (secondary N) is 1. The Kier molecular flexibility index (Phi) is 6.68. The number of thioether (sulfide) groups is 1. The average Bonchev–Trinajstić information content (AvgIpc) is 2.76. The summed E-state index contributed by atoms with van der Waals surface area (Å²) >= 11 is 7.95. The minimum Gasteiger partial charge on any atom is -0.349 e. The maximum Gasteiger partial charge on any atom is 0.243 e. The first kappa shape index (κ1) is 22.6. The molecule has 0 aromatic heterocycles. The van der Waals surface area contributed by atoms with Gasteiger partial charge in [-0.2, -0.15) is 4.31 Å². The van der Waals surface area contributed by atoms with Crippen LogP contribution in [0.3, 0.4) is 0 Å². The second-order valence-corrected chi connectivity index (χ2v) is 11.8. The van der Waals surface area contributed by atoms with E-state index in [-0.39, 0.29) is 17.9 Å². The van der Waals surface area contributed by atoms with Gasteiger partial charge in [-0.05, 0) is 80.1 Å². The predicted octanol–water partition coefficient (Wildman–Crippen LogP) is 4.71. The van der Waals surface area contributed by atoms with Gasteiger partial charge < -0.3 is 5.32 Å². The first-order valence-electron chi connectivity index (χ1n) is 10.6. The van der Waals surface area contributed by atoms with Crippen LogP contribution < -0.4 is 5.32 Å². The molecule has 2 heterocycles. The number of halogens is 1. The minimum atomic E-state index is -3.54. The molecule has 0 spiro atoms. The number of sulfonamides is 1. The summed E-state index contributed by atoms with van der Waals surface area (Å²) in [5.41, 5.74) is 3.10. The maximum absolute atomic E-state index is 13.0. The molecular formula is C23H27ClN2O3S2. The molecule has 1 saturated heterocycles. The molecule has 0 bridgehead atoms. The van der Waals surface area contributed by atoms with Crippen molar-refractivity contribution in [3.63, 3.8) is 0 Å². The van der Waals surface area contributed by atoms with Gasteiger partial charge in [-0.15, -0.1) is 11.8 Å². The van der Waals surface area contributed by atoms with Crippen molar-refractivity contribution in [2.75, 3.05) is 18.8 Å². The Morgan fingerprint density at radius 2 is 1.81 bits per heavy atom. The van der Waals surface area contributed by atoms with Gasteiger partial charge in [-0.3, -0.25) is 4.79 Å².